The first kappa shape index (κ1) is 26.2. The van der Waals surface area contributed by atoms with Crippen molar-refractivity contribution in [3.8, 4) is 0 Å². The topological polar surface area (TPSA) is 143 Å². The summed E-state index contributed by atoms with van der Waals surface area (Å²) in [6, 6.07) is 16.6. The minimum absolute atomic E-state index is 0.0450. The first-order chi connectivity index (χ1) is 16.4. The highest BCUT2D eigenvalue weighted by Gasteiger charge is 2.22. The predicted molar refractivity (Wildman–Crippen MR) is 123 cm³/mol. The molecule has 0 saturated carbocycles. The molecule has 0 spiro atoms. The lowest BCUT2D eigenvalue weighted by molar-refractivity contribution is -0.147. The third-order valence-electron chi connectivity index (χ3n) is 4.62. The molecule has 0 aliphatic heterocycles. The Hall–Kier alpha value is -4.08. The van der Waals surface area contributed by atoms with Crippen LogP contribution in [0.15, 0.2) is 60.7 Å². The number of benzene rings is 2. The fourth-order valence-corrected chi connectivity index (χ4v) is 2.88. The van der Waals surface area contributed by atoms with E-state index in [4.69, 9.17) is 14.6 Å². The summed E-state index contributed by atoms with van der Waals surface area (Å²) in [5.74, 6) is -1.84. The van der Waals surface area contributed by atoms with E-state index in [1.165, 1.54) is 0 Å². The number of alkyl carbamates (subject to hydrolysis) is 1. The number of carbonyl (C=O) groups excluding carboxylic acids is 3. The molecule has 2 aromatic carbocycles. The standard InChI is InChI=1S/C24H29N3O7/c28-21(29)15-26-23(31)27-20(22(30)33-16-18-9-3-1-4-10-18)13-7-8-14-25-24(32)34-17-19-11-5-2-6-12-19/h1-6,9-12,20H,7-8,13-17H2,(H,25,32)(H,28,29)(H2,26,27,31)/t20-/m0/s1. The number of unbranched alkanes of at least 4 members (excludes halogenated alkanes) is 1. The van der Waals surface area contributed by atoms with E-state index in [1.54, 1.807) is 12.1 Å². The van der Waals surface area contributed by atoms with Gasteiger partial charge in [0.1, 0.15) is 25.8 Å². The molecule has 0 heterocycles. The van der Waals surface area contributed by atoms with Crippen LogP contribution >= 0.6 is 0 Å². The van der Waals surface area contributed by atoms with Crippen molar-refractivity contribution in [3.63, 3.8) is 0 Å². The molecule has 1 atom stereocenters. The van der Waals surface area contributed by atoms with Gasteiger partial charge in [-0.3, -0.25) is 4.79 Å². The zero-order valence-electron chi connectivity index (χ0n) is 18.7. The van der Waals surface area contributed by atoms with Crippen LogP contribution in [0.1, 0.15) is 30.4 Å². The number of carboxylic acids is 1. The molecule has 2 rings (SSSR count). The van der Waals surface area contributed by atoms with Crippen molar-refractivity contribution >= 4 is 24.1 Å². The summed E-state index contributed by atoms with van der Waals surface area (Å²) in [5.41, 5.74) is 1.67. The first-order valence-electron chi connectivity index (χ1n) is 10.9. The molecule has 34 heavy (non-hydrogen) atoms. The summed E-state index contributed by atoms with van der Waals surface area (Å²) in [4.78, 5) is 46.9. The van der Waals surface area contributed by atoms with Crippen LogP contribution in [0.3, 0.4) is 0 Å². The lowest BCUT2D eigenvalue weighted by Gasteiger charge is -2.18. The summed E-state index contributed by atoms with van der Waals surface area (Å²) >= 11 is 0. The quantitative estimate of drug-likeness (QED) is 0.260. The number of carboxylic acid groups (broad SMARTS) is 1. The van der Waals surface area contributed by atoms with Crippen LogP contribution in [0.5, 0.6) is 0 Å². The van der Waals surface area contributed by atoms with Gasteiger partial charge in [-0.1, -0.05) is 60.7 Å². The molecule has 0 saturated heterocycles. The summed E-state index contributed by atoms with van der Waals surface area (Å²) in [7, 11) is 0. The summed E-state index contributed by atoms with van der Waals surface area (Å²) in [5, 5.41) is 15.9. The molecule has 182 valence electrons. The molecular weight excluding hydrogens is 442 g/mol. The molecule has 2 aromatic rings. The highest BCUT2D eigenvalue weighted by atomic mass is 16.5. The van der Waals surface area contributed by atoms with Crippen molar-refractivity contribution in [3.05, 3.63) is 71.8 Å². The Labute approximate surface area is 197 Å². The van der Waals surface area contributed by atoms with E-state index in [9.17, 15) is 19.2 Å². The van der Waals surface area contributed by atoms with Gasteiger partial charge < -0.3 is 30.5 Å². The van der Waals surface area contributed by atoms with E-state index < -0.39 is 36.6 Å². The van der Waals surface area contributed by atoms with Crippen LogP contribution in [-0.4, -0.2) is 48.3 Å². The molecule has 4 N–H and O–H groups in total. The number of hydrogen-bond donors (Lipinski definition) is 4. The molecule has 3 amide bonds. The van der Waals surface area contributed by atoms with Crippen LogP contribution < -0.4 is 16.0 Å². The number of nitrogens with one attached hydrogen (secondary N) is 3. The number of urea groups is 1. The number of carbonyl (C=O) groups is 4. The van der Waals surface area contributed by atoms with Gasteiger partial charge in [-0.2, -0.15) is 0 Å². The van der Waals surface area contributed by atoms with E-state index in [0.29, 0.717) is 19.4 Å². The normalized spacial score (nSPS) is 11.1. The second-order valence-corrected chi connectivity index (χ2v) is 7.35. The molecule has 10 heteroatoms. The number of hydrogen-bond acceptors (Lipinski definition) is 6. The largest absolute Gasteiger partial charge is 0.480 e. The molecule has 0 radical (unpaired) electrons. The Balaban J connectivity index is 1.74. The van der Waals surface area contributed by atoms with Crippen LogP contribution in [0.25, 0.3) is 0 Å². The minimum Gasteiger partial charge on any atom is -0.480 e. The lowest BCUT2D eigenvalue weighted by Crippen LogP contribution is -2.47. The number of rotatable bonds is 13. The smallest absolute Gasteiger partial charge is 0.407 e. The number of ether oxygens (including phenoxy) is 2. The van der Waals surface area contributed by atoms with E-state index in [0.717, 1.165) is 11.1 Å². The Kier molecular flexibility index (Phi) is 11.5. The Morgan fingerprint density at radius 1 is 0.794 bits per heavy atom. The van der Waals surface area contributed by atoms with Crippen molar-refractivity contribution in [2.45, 2.75) is 38.5 Å². The van der Waals surface area contributed by atoms with Gasteiger partial charge in [0.25, 0.3) is 0 Å². The SMILES string of the molecule is O=C(O)CNC(=O)N[C@@H](CCCCNC(=O)OCc1ccccc1)C(=O)OCc1ccccc1. The van der Waals surface area contributed by atoms with Gasteiger partial charge in [0.2, 0.25) is 0 Å². The van der Waals surface area contributed by atoms with Gasteiger partial charge in [-0.05, 0) is 30.4 Å². The number of aliphatic carboxylic acids is 1. The van der Waals surface area contributed by atoms with E-state index in [1.807, 2.05) is 48.5 Å². The monoisotopic (exact) mass is 471 g/mol. The van der Waals surface area contributed by atoms with Gasteiger partial charge in [0, 0.05) is 6.54 Å². The third-order valence-corrected chi connectivity index (χ3v) is 4.62. The molecule has 0 aliphatic rings. The van der Waals surface area contributed by atoms with Crippen molar-refractivity contribution in [1.29, 1.82) is 0 Å². The molecule has 0 aromatic heterocycles. The summed E-state index contributed by atoms with van der Waals surface area (Å²) in [6.45, 7) is -0.0436. The van der Waals surface area contributed by atoms with Crippen LogP contribution in [0.4, 0.5) is 9.59 Å². The second-order valence-electron chi connectivity index (χ2n) is 7.35. The second kappa shape index (κ2) is 14.9. The third kappa shape index (κ3) is 11.0. The molecule has 10 nitrogen and oxygen atoms in total. The van der Waals surface area contributed by atoms with Gasteiger partial charge in [0.05, 0.1) is 0 Å². The first-order valence-corrected chi connectivity index (χ1v) is 10.9. The zero-order valence-corrected chi connectivity index (χ0v) is 18.7. The number of amides is 3. The molecule has 0 fully saturated rings. The Bertz CT molecular complexity index is 923. The molecule has 0 unspecified atom stereocenters. The molecule has 0 aliphatic carbocycles. The maximum absolute atomic E-state index is 12.5. The molecule has 0 bridgehead atoms. The van der Waals surface area contributed by atoms with Crippen molar-refractivity contribution in [2.24, 2.45) is 0 Å². The highest BCUT2D eigenvalue weighted by Crippen LogP contribution is 2.07. The fourth-order valence-electron chi connectivity index (χ4n) is 2.88. The molecular formula is C24H29N3O7. The summed E-state index contributed by atoms with van der Waals surface area (Å²) < 4.78 is 10.4. The van der Waals surface area contributed by atoms with E-state index >= 15 is 0 Å². The van der Waals surface area contributed by atoms with Crippen LogP contribution in [0.2, 0.25) is 0 Å². The number of esters is 1. The van der Waals surface area contributed by atoms with E-state index in [-0.39, 0.29) is 19.6 Å². The van der Waals surface area contributed by atoms with Crippen molar-refractivity contribution in [1.82, 2.24) is 16.0 Å². The Morgan fingerprint density at radius 2 is 1.38 bits per heavy atom. The van der Waals surface area contributed by atoms with Crippen LogP contribution in [-0.2, 0) is 32.3 Å². The lowest BCUT2D eigenvalue weighted by atomic mass is 10.1. The zero-order chi connectivity index (χ0) is 24.6. The average molecular weight is 472 g/mol. The van der Waals surface area contributed by atoms with E-state index in [2.05, 4.69) is 16.0 Å². The van der Waals surface area contributed by atoms with Gasteiger partial charge in [-0.25, -0.2) is 14.4 Å². The summed E-state index contributed by atoms with van der Waals surface area (Å²) in [6.07, 6.45) is 0.716. The maximum Gasteiger partial charge on any atom is 0.407 e. The highest BCUT2D eigenvalue weighted by molar-refractivity contribution is 5.85. The maximum atomic E-state index is 12.5. The van der Waals surface area contributed by atoms with Crippen molar-refractivity contribution < 1.29 is 33.8 Å². The van der Waals surface area contributed by atoms with Crippen molar-refractivity contribution in [2.75, 3.05) is 13.1 Å². The van der Waals surface area contributed by atoms with Gasteiger partial charge >= 0.3 is 24.1 Å². The van der Waals surface area contributed by atoms with Gasteiger partial charge in [0.15, 0.2) is 0 Å². The predicted octanol–water partition coefficient (Wildman–Crippen LogP) is 2.58. The van der Waals surface area contributed by atoms with Gasteiger partial charge in [-0.15, -0.1) is 0 Å². The van der Waals surface area contributed by atoms with Crippen LogP contribution in [0, 0.1) is 0 Å². The minimum atomic E-state index is -1.21. The average Bonchev–Trinajstić information content (AvgIpc) is 2.85. The fraction of sp³-hybridized carbons (Fsp3) is 0.333. The Morgan fingerprint density at radius 3 is 1.97 bits per heavy atom.